The van der Waals surface area contributed by atoms with E-state index in [4.69, 9.17) is 0 Å². The summed E-state index contributed by atoms with van der Waals surface area (Å²) in [6.45, 7) is 0.746. The summed E-state index contributed by atoms with van der Waals surface area (Å²) in [6.07, 6.45) is 7.54. The number of Topliss-reactive ketones (excluding diaryl/α,β-unsaturated/α-hetero) is 1. The van der Waals surface area contributed by atoms with Gasteiger partial charge in [0.2, 0.25) is 0 Å². The van der Waals surface area contributed by atoms with Gasteiger partial charge in [0, 0.05) is 24.9 Å². The van der Waals surface area contributed by atoms with E-state index in [0.29, 0.717) is 17.8 Å². The van der Waals surface area contributed by atoms with E-state index in [9.17, 15) is 9.59 Å². The van der Waals surface area contributed by atoms with Crippen LogP contribution in [-0.2, 0) is 4.79 Å². The number of hydrogen-bond donors (Lipinski definition) is 0. The van der Waals surface area contributed by atoms with Crippen molar-refractivity contribution in [1.82, 2.24) is 15.1 Å². The molecule has 1 amide bonds. The molecule has 2 heterocycles. The second-order valence-corrected chi connectivity index (χ2v) is 5.30. The van der Waals surface area contributed by atoms with Crippen molar-refractivity contribution in [2.24, 2.45) is 5.92 Å². The van der Waals surface area contributed by atoms with E-state index in [1.807, 2.05) is 4.90 Å². The van der Waals surface area contributed by atoms with Crippen LogP contribution < -0.4 is 0 Å². The average molecular weight is 259 g/mol. The van der Waals surface area contributed by atoms with E-state index in [0.717, 1.165) is 32.2 Å². The molecule has 1 saturated carbocycles. The van der Waals surface area contributed by atoms with Gasteiger partial charge in [-0.2, -0.15) is 10.2 Å². The zero-order valence-corrected chi connectivity index (χ0v) is 10.8. The topological polar surface area (TPSA) is 63.2 Å². The molecule has 1 aromatic heterocycles. The summed E-state index contributed by atoms with van der Waals surface area (Å²) in [4.78, 5) is 26.2. The molecule has 3 rings (SSSR count). The Labute approximate surface area is 112 Å². The number of nitrogens with zero attached hydrogens (tertiary/aromatic N) is 3. The minimum atomic E-state index is -0.0166. The smallest absolute Gasteiger partial charge is 0.255 e. The lowest BCUT2D eigenvalue weighted by Gasteiger charge is -2.28. The van der Waals surface area contributed by atoms with Crippen LogP contribution in [0.5, 0.6) is 0 Å². The molecular weight excluding hydrogens is 242 g/mol. The van der Waals surface area contributed by atoms with Crippen LogP contribution in [0.4, 0.5) is 0 Å². The minimum Gasteiger partial charge on any atom is -0.335 e. The summed E-state index contributed by atoms with van der Waals surface area (Å²) in [5, 5.41) is 7.44. The first kappa shape index (κ1) is 12.3. The molecule has 1 saturated heterocycles. The first-order valence-electron chi connectivity index (χ1n) is 6.88. The molecule has 100 valence electrons. The fraction of sp³-hybridized carbons (Fsp3) is 0.571. The number of carbonyl (C=O) groups excluding carboxylic acids is 2. The van der Waals surface area contributed by atoms with Gasteiger partial charge in [0.25, 0.3) is 5.91 Å². The van der Waals surface area contributed by atoms with Gasteiger partial charge in [-0.05, 0) is 31.7 Å². The molecule has 2 fully saturated rings. The lowest BCUT2D eigenvalue weighted by Crippen LogP contribution is -2.41. The van der Waals surface area contributed by atoms with Crippen LogP contribution in [-0.4, -0.2) is 39.4 Å². The Bertz CT molecular complexity index is 489. The van der Waals surface area contributed by atoms with Gasteiger partial charge in [0.05, 0.1) is 18.0 Å². The third kappa shape index (κ3) is 2.25. The zero-order valence-electron chi connectivity index (χ0n) is 10.8. The molecule has 1 aliphatic carbocycles. The molecule has 2 aliphatic rings. The molecule has 19 heavy (non-hydrogen) atoms. The highest BCUT2D eigenvalue weighted by molar-refractivity contribution is 5.95. The molecule has 5 heteroatoms. The van der Waals surface area contributed by atoms with E-state index in [1.165, 1.54) is 12.4 Å². The molecule has 0 aromatic carbocycles. The van der Waals surface area contributed by atoms with Crippen molar-refractivity contribution < 1.29 is 9.59 Å². The molecule has 0 spiro atoms. The summed E-state index contributed by atoms with van der Waals surface area (Å²) in [5.74, 6) is 0.371. The van der Waals surface area contributed by atoms with Crippen LogP contribution in [0.15, 0.2) is 18.5 Å². The minimum absolute atomic E-state index is 0.0166. The zero-order chi connectivity index (χ0) is 13.2. The number of carbonyl (C=O) groups is 2. The summed E-state index contributed by atoms with van der Waals surface area (Å²) in [5.41, 5.74) is 0.562. The Morgan fingerprint density at radius 3 is 2.84 bits per heavy atom. The third-order valence-corrected chi connectivity index (χ3v) is 4.21. The average Bonchev–Trinajstić information content (AvgIpc) is 3.07. The lowest BCUT2D eigenvalue weighted by molar-refractivity contribution is -0.121. The fourth-order valence-corrected chi connectivity index (χ4v) is 3.30. The van der Waals surface area contributed by atoms with Gasteiger partial charge in [-0.1, -0.05) is 0 Å². The summed E-state index contributed by atoms with van der Waals surface area (Å²) in [7, 11) is 0. The van der Waals surface area contributed by atoms with Crippen LogP contribution in [0, 0.1) is 5.92 Å². The molecule has 0 bridgehead atoms. The molecular formula is C14H17N3O2. The summed E-state index contributed by atoms with van der Waals surface area (Å²) < 4.78 is 0. The molecule has 5 nitrogen and oxygen atoms in total. The Kier molecular flexibility index (Phi) is 3.27. The fourth-order valence-electron chi connectivity index (χ4n) is 3.30. The molecule has 2 atom stereocenters. The molecule has 1 aromatic rings. The van der Waals surface area contributed by atoms with Crippen LogP contribution in [0.1, 0.15) is 42.5 Å². The van der Waals surface area contributed by atoms with Gasteiger partial charge < -0.3 is 4.90 Å². The van der Waals surface area contributed by atoms with E-state index in [2.05, 4.69) is 10.2 Å². The van der Waals surface area contributed by atoms with Gasteiger partial charge >= 0.3 is 0 Å². The van der Waals surface area contributed by atoms with Crippen LogP contribution in [0.25, 0.3) is 0 Å². The van der Waals surface area contributed by atoms with Crippen molar-refractivity contribution in [2.45, 2.75) is 38.1 Å². The van der Waals surface area contributed by atoms with E-state index in [-0.39, 0.29) is 17.9 Å². The summed E-state index contributed by atoms with van der Waals surface area (Å²) in [6, 6.07) is 1.77. The number of hydrogen-bond acceptors (Lipinski definition) is 4. The van der Waals surface area contributed by atoms with Crippen LogP contribution in [0.3, 0.4) is 0 Å². The quantitative estimate of drug-likeness (QED) is 0.806. The first-order valence-corrected chi connectivity index (χ1v) is 6.88. The predicted molar refractivity (Wildman–Crippen MR) is 68.4 cm³/mol. The number of amides is 1. The number of rotatable bonds is 2. The van der Waals surface area contributed by atoms with Crippen LogP contribution >= 0.6 is 0 Å². The van der Waals surface area contributed by atoms with Gasteiger partial charge in [0.15, 0.2) is 0 Å². The first-order chi connectivity index (χ1) is 9.27. The largest absolute Gasteiger partial charge is 0.335 e. The number of likely N-dealkylation sites (tertiary alicyclic amines) is 1. The van der Waals surface area contributed by atoms with Crippen molar-refractivity contribution in [2.75, 3.05) is 6.54 Å². The Morgan fingerprint density at radius 2 is 2.16 bits per heavy atom. The van der Waals surface area contributed by atoms with Crippen molar-refractivity contribution in [3.05, 3.63) is 24.0 Å². The SMILES string of the molecule is O=C1CCCC1C1CCCN1C(=O)c1ccnnc1. The normalized spacial score (nSPS) is 26.9. The van der Waals surface area contributed by atoms with Gasteiger partial charge in [-0.3, -0.25) is 9.59 Å². The Balaban J connectivity index is 1.80. The van der Waals surface area contributed by atoms with Gasteiger partial charge in [0.1, 0.15) is 5.78 Å². The van der Waals surface area contributed by atoms with Gasteiger partial charge in [-0.15, -0.1) is 0 Å². The molecule has 2 unspecified atom stereocenters. The predicted octanol–water partition coefficient (Wildman–Crippen LogP) is 1.45. The Hall–Kier alpha value is -1.78. The highest BCUT2D eigenvalue weighted by Gasteiger charge is 2.40. The molecule has 0 N–H and O–H groups in total. The number of ketones is 1. The Morgan fingerprint density at radius 1 is 1.26 bits per heavy atom. The molecule has 1 aliphatic heterocycles. The van der Waals surface area contributed by atoms with E-state index < -0.39 is 0 Å². The maximum Gasteiger partial charge on any atom is 0.255 e. The van der Waals surface area contributed by atoms with Crippen LogP contribution in [0.2, 0.25) is 0 Å². The highest BCUT2D eigenvalue weighted by Crippen LogP contribution is 2.33. The van der Waals surface area contributed by atoms with Crippen molar-refractivity contribution >= 4 is 11.7 Å². The third-order valence-electron chi connectivity index (χ3n) is 4.21. The number of aromatic nitrogens is 2. The van der Waals surface area contributed by atoms with E-state index in [1.54, 1.807) is 6.07 Å². The van der Waals surface area contributed by atoms with E-state index >= 15 is 0 Å². The second-order valence-electron chi connectivity index (χ2n) is 5.30. The highest BCUT2D eigenvalue weighted by atomic mass is 16.2. The van der Waals surface area contributed by atoms with Crippen molar-refractivity contribution in [3.8, 4) is 0 Å². The maximum absolute atomic E-state index is 12.5. The maximum atomic E-state index is 12.5. The standard InChI is InChI=1S/C14H17N3O2/c18-13-5-1-3-11(13)12-4-2-8-17(12)14(19)10-6-7-15-16-9-10/h6-7,9,11-12H,1-5,8H2. The molecule has 0 radical (unpaired) electrons. The van der Waals surface area contributed by atoms with Crippen molar-refractivity contribution in [1.29, 1.82) is 0 Å². The second kappa shape index (κ2) is 5.07. The lowest BCUT2D eigenvalue weighted by atomic mass is 9.95. The monoisotopic (exact) mass is 259 g/mol. The summed E-state index contributed by atoms with van der Waals surface area (Å²) >= 11 is 0. The van der Waals surface area contributed by atoms with Gasteiger partial charge in [-0.25, -0.2) is 0 Å². The van der Waals surface area contributed by atoms with Crippen molar-refractivity contribution in [3.63, 3.8) is 0 Å².